The first-order valence-corrected chi connectivity index (χ1v) is 8.78. The molecule has 0 saturated carbocycles. The van der Waals surface area contributed by atoms with E-state index in [1.54, 1.807) is 18.2 Å². The van der Waals surface area contributed by atoms with E-state index in [0.29, 0.717) is 13.1 Å². The summed E-state index contributed by atoms with van der Waals surface area (Å²) in [4.78, 5) is 28.4. The summed E-state index contributed by atoms with van der Waals surface area (Å²) in [5.41, 5.74) is 1.79. The Bertz CT molecular complexity index is 686. The van der Waals surface area contributed by atoms with E-state index < -0.39 is 0 Å². The van der Waals surface area contributed by atoms with Crippen LogP contribution in [0.3, 0.4) is 0 Å². The third-order valence-corrected chi connectivity index (χ3v) is 3.80. The summed E-state index contributed by atoms with van der Waals surface area (Å²) in [5.74, 6) is -0.497. The number of nitrogens with one attached hydrogen (secondary N) is 2. The highest BCUT2D eigenvalue weighted by molar-refractivity contribution is 5.96. The molecule has 0 aliphatic heterocycles. The molecule has 0 aliphatic rings. The topological polar surface area (TPSA) is 71.1 Å². The summed E-state index contributed by atoms with van der Waals surface area (Å²) in [6, 6.07) is 15.1. The van der Waals surface area contributed by atoms with Crippen molar-refractivity contribution in [1.29, 1.82) is 0 Å². The van der Waals surface area contributed by atoms with E-state index in [1.165, 1.54) is 5.56 Å². The Morgan fingerprint density at radius 3 is 2.04 bits per heavy atom. The second kappa shape index (κ2) is 10.2. The first-order valence-electron chi connectivity index (χ1n) is 8.78. The fourth-order valence-corrected chi connectivity index (χ4v) is 2.39. The Morgan fingerprint density at radius 2 is 1.44 bits per heavy atom. The number of amides is 2. The zero-order valence-corrected chi connectivity index (χ0v) is 14.6. The second-order valence-corrected chi connectivity index (χ2v) is 5.86. The first kappa shape index (κ1) is 18.6. The zero-order valence-electron chi connectivity index (χ0n) is 14.6. The Hall–Kier alpha value is -2.69. The van der Waals surface area contributed by atoms with Crippen LogP contribution in [0.2, 0.25) is 0 Å². The largest absolute Gasteiger partial charge is 0.351 e. The van der Waals surface area contributed by atoms with E-state index in [1.807, 2.05) is 18.2 Å². The fraction of sp³-hybridized carbons (Fsp3) is 0.350. The molecule has 0 atom stereocenters. The number of aryl methyl sites for hydroxylation is 1. The molecule has 0 spiro atoms. The van der Waals surface area contributed by atoms with Crippen molar-refractivity contribution < 1.29 is 9.59 Å². The summed E-state index contributed by atoms with van der Waals surface area (Å²) in [5, 5.41) is 5.66. The van der Waals surface area contributed by atoms with E-state index in [2.05, 4.69) is 34.7 Å². The highest BCUT2D eigenvalue weighted by Gasteiger charge is 2.11. The number of pyridine rings is 1. The lowest BCUT2D eigenvalue weighted by atomic mass is 10.1. The van der Waals surface area contributed by atoms with Gasteiger partial charge in [0.25, 0.3) is 11.8 Å². The molecular weight excluding hydrogens is 314 g/mol. The molecule has 0 saturated heterocycles. The van der Waals surface area contributed by atoms with Gasteiger partial charge in [0, 0.05) is 13.1 Å². The van der Waals surface area contributed by atoms with Gasteiger partial charge in [-0.3, -0.25) is 9.59 Å². The third kappa shape index (κ3) is 6.37. The highest BCUT2D eigenvalue weighted by atomic mass is 16.2. The maximum Gasteiger partial charge on any atom is 0.269 e. The average molecular weight is 339 g/mol. The standard InChI is InChI=1S/C20H25N3O2/c1-2-3-14-21-19(24)17-12-7-13-18(23-17)20(25)22-15-8-11-16-9-5-4-6-10-16/h4-7,9-10,12-13H,2-3,8,11,14-15H2,1H3,(H,21,24)(H,22,25). The van der Waals surface area contributed by atoms with Crippen LogP contribution in [0.25, 0.3) is 0 Å². The number of carbonyl (C=O) groups excluding carboxylic acids is 2. The van der Waals surface area contributed by atoms with Crippen molar-refractivity contribution in [2.75, 3.05) is 13.1 Å². The molecule has 2 amide bonds. The number of hydrogen-bond acceptors (Lipinski definition) is 3. The maximum atomic E-state index is 12.2. The molecule has 5 heteroatoms. The number of aromatic nitrogens is 1. The van der Waals surface area contributed by atoms with Gasteiger partial charge >= 0.3 is 0 Å². The van der Waals surface area contributed by atoms with Gasteiger partial charge in [-0.1, -0.05) is 49.7 Å². The summed E-state index contributed by atoms with van der Waals surface area (Å²) in [6.45, 7) is 3.25. The molecule has 1 aromatic carbocycles. The first-order chi connectivity index (χ1) is 12.2. The van der Waals surface area contributed by atoms with Crippen LogP contribution < -0.4 is 10.6 Å². The van der Waals surface area contributed by atoms with Crippen molar-refractivity contribution in [3.05, 3.63) is 65.5 Å². The third-order valence-electron chi connectivity index (χ3n) is 3.80. The van der Waals surface area contributed by atoms with Crippen LogP contribution in [0.4, 0.5) is 0 Å². The predicted octanol–water partition coefficient (Wildman–Crippen LogP) is 2.97. The van der Waals surface area contributed by atoms with Crippen LogP contribution in [0.15, 0.2) is 48.5 Å². The minimum Gasteiger partial charge on any atom is -0.351 e. The number of hydrogen-bond donors (Lipinski definition) is 2. The van der Waals surface area contributed by atoms with Crippen molar-refractivity contribution in [2.45, 2.75) is 32.6 Å². The summed E-state index contributed by atoms with van der Waals surface area (Å²) in [7, 11) is 0. The van der Waals surface area contributed by atoms with Gasteiger partial charge in [0.1, 0.15) is 11.4 Å². The molecule has 25 heavy (non-hydrogen) atoms. The molecule has 5 nitrogen and oxygen atoms in total. The molecule has 2 N–H and O–H groups in total. The van der Waals surface area contributed by atoms with Crippen LogP contribution in [-0.4, -0.2) is 29.9 Å². The van der Waals surface area contributed by atoms with Crippen LogP contribution in [0.5, 0.6) is 0 Å². The molecule has 0 radical (unpaired) electrons. The molecule has 0 fully saturated rings. The Morgan fingerprint density at radius 1 is 0.840 bits per heavy atom. The van der Waals surface area contributed by atoms with E-state index in [9.17, 15) is 9.59 Å². The second-order valence-electron chi connectivity index (χ2n) is 5.86. The molecular formula is C20H25N3O2. The van der Waals surface area contributed by atoms with Gasteiger partial charge in [0.05, 0.1) is 0 Å². The SMILES string of the molecule is CCCCNC(=O)c1cccc(C(=O)NCCCc2ccccc2)n1. The predicted molar refractivity (Wildman–Crippen MR) is 98.6 cm³/mol. The van der Waals surface area contributed by atoms with Gasteiger partial charge in [-0.25, -0.2) is 4.98 Å². The van der Waals surface area contributed by atoms with Gasteiger partial charge in [-0.05, 0) is 37.0 Å². The van der Waals surface area contributed by atoms with Crippen LogP contribution >= 0.6 is 0 Å². The van der Waals surface area contributed by atoms with Crippen molar-refractivity contribution in [3.63, 3.8) is 0 Å². The Labute approximate surface area is 148 Å². The van der Waals surface area contributed by atoms with Gasteiger partial charge in [-0.2, -0.15) is 0 Å². The molecule has 2 rings (SSSR count). The molecule has 1 heterocycles. The van der Waals surface area contributed by atoms with Gasteiger partial charge in [0.2, 0.25) is 0 Å². The molecule has 0 bridgehead atoms. The molecule has 0 unspecified atom stereocenters. The van der Waals surface area contributed by atoms with Crippen molar-refractivity contribution in [3.8, 4) is 0 Å². The van der Waals surface area contributed by atoms with Gasteiger partial charge in [-0.15, -0.1) is 0 Å². The lowest BCUT2D eigenvalue weighted by molar-refractivity contribution is 0.0944. The van der Waals surface area contributed by atoms with Crippen molar-refractivity contribution >= 4 is 11.8 Å². The number of benzene rings is 1. The lowest BCUT2D eigenvalue weighted by Crippen LogP contribution is -2.28. The van der Waals surface area contributed by atoms with E-state index >= 15 is 0 Å². The van der Waals surface area contributed by atoms with Crippen LogP contribution in [-0.2, 0) is 6.42 Å². The van der Waals surface area contributed by atoms with Crippen molar-refractivity contribution in [2.24, 2.45) is 0 Å². The smallest absolute Gasteiger partial charge is 0.269 e. The van der Waals surface area contributed by atoms with Crippen molar-refractivity contribution in [1.82, 2.24) is 15.6 Å². The number of rotatable bonds is 9. The quantitative estimate of drug-likeness (QED) is 0.690. The maximum absolute atomic E-state index is 12.2. The minimum atomic E-state index is -0.253. The van der Waals surface area contributed by atoms with E-state index in [-0.39, 0.29) is 23.2 Å². The Kier molecular flexibility index (Phi) is 7.63. The molecule has 0 aliphatic carbocycles. The monoisotopic (exact) mass is 339 g/mol. The summed E-state index contributed by atoms with van der Waals surface area (Å²) >= 11 is 0. The normalized spacial score (nSPS) is 10.3. The highest BCUT2D eigenvalue weighted by Crippen LogP contribution is 2.03. The molecule has 132 valence electrons. The lowest BCUT2D eigenvalue weighted by Gasteiger charge is -2.07. The fourth-order valence-electron chi connectivity index (χ4n) is 2.39. The summed E-state index contributed by atoms with van der Waals surface area (Å²) < 4.78 is 0. The van der Waals surface area contributed by atoms with Gasteiger partial charge in [0.15, 0.2) is 0 Å². The van der Waals surface area contributed by atoms with Gasteiger partial charge < -0.3 is 10.6 Å². The average Bonchev–Trinajstić information content (AvgIpc) is 2.66. The summed E-state index contributed by atoms with van der Waals surface area (Å²) in [6.07, 6.45) is 3.70. The number of carbonyl (C=O) groups is 2. The minimum absolute atomic E-state index is 0.243. The van der Waals surface area contributed by atoms with Crippen LogP contribution in [0, 0.1) is 0 Å². The molecule has 1 aromatic heterocycles. The zero-order chi connectivity index (χ0) is 17.9. The molecule has 2 aromatic rings. The van der Waals surface area contributed by atoms with E-state index in [0.717, 1.165) is 25.7 Å². The number of nitrogens with zero attached hydrogens (tertiary/aromatic N) is 1. The Balaban J connectivity index is 1.81. The van der Waals surface area contributed by atoms with E-state index in [4.69, 9.17) is 0 Å². The van der Waals surface area contributed by atoms with Crippen LogP contribution in [0.1, 0.15) is 52.7 Å². The number of unbranched alkanes of at least 4 members (excludes halogenated alkanes) is 1.